The highest BCUT2D eigenvalue weighted by atomic mass is 32.1. The number of hydrogen-bond donors (Lipinski definition) is 1. The van der Waals surface area contributed by atoms with Crippen molar-refractivity contribution < 1.29 is 4.79 Å². The second kappa shape index (κ2) is 6.98. The Morgan fingerprint density at radius 3 is 2.82 bits per heavy atom. The van der Waals surface area contributed by atoms with Gasteiger partial charge in [0.2, 0.25) is 0 Å². The van der Waals surface area contributed by atoms with Gasteiger partial charge in [0.1, 0.15) is 5.69 Å². The lowest BCUT2D eigenvalue weighted by atomic mass is 10.2. The summed E-state index contributed by atoms with van der Waals surface area (Å²) < 4.78 is 0. The zero-order chi connectivity index (χ0) is 15.4. The SMILES string of the molecule is Cc1cnc(C(=O)NC[C@H](c2cccs2)N2CCCC2)cn1. The van der Waals surface area contributed by atoms with E-state index in [9.17, 15) is 4.79 Å². The molecule has 3 heterocycles. The molecule has 0 radical (unpaired) electrons. The van der Waals surface area contributed by atoms with Gasteiger partial charge in [-0.25, -0.2) is 4.98 Å². The van der Waals surface area contributed by atoms with Gasteiger partial charge in [-0.1, -0.05) is 6.07 Å². The van der Waals surface area contributed by atoms with Crippen molar-refractivity contribution in [2.75, 3.05) is 19.6 Å². The van der Waals surface area contributed by atoms with Crippen molar-refractivity contribution >= 4 is 17.2 Å². The first-order chi connectivity index (χ1) is 10.7. The topological polar surface area (TPSA) is 58.1 Å². The van der Waals surface area contributed by atoms with Gasteiger partial charge >= 0.3 is 0 Å². The number of nitrogens with one attached hydrogen (secondary N) is 1. The lowest BCUT2D eigenvalue weighted by Crippen LogP contribution is -2.36. The molecule has 0 saturated carbocycles. The van der Waals surface area contributed by atoms with E-state index in [1.807, 2.05) is 6.92 Å². The number of carbonyl (C=O) groups is 1. The number of amides is 1. The fraction of sp³-hybridized carbons (Fsp3) is 0.438. The Hall–Kier alpha value is -1.79. The van der Waals surface area contributed by atoms with Crippen LogP contribution in [0.3, 0.4) is 0 Å². The van der Waals surface area contributed by atoms with Crippen LogP contribution in [0.5, 0.6) is 0 Å². The van der Waals surface area contributed by atoms with Gasteiger partial charge in [0.05, 0.1) is 17.9 Å². The van der Waals surface area contributed by atoms with Crippen LogP contribution in [0.15, 0.2) is 29.9 Å². The predicted molar refractivity (Wildman–Crippen MR) is 87.0 cm³/mol. The summed E-state index contributed by atoms with van der Waals surface area (Å²) in [5.41, 5.74) is 1.18. The van der Waals surface area contributed by atoms with Gasteiger partial charge in [-0.3, -0.25) is 14.7 Å². The third-order valence-electron chi connectivity index (χ3n) is 3.92. The Morgan fingerprint density at radius 1 is 1.36 bits per heavy atom. The molecule has 2 aromatic rings. The van der Waals surface area contributed by atoms with E-state index in [1.165, 1.54) is 23.9 Å². The third kappa shape index (κ3) is 3.51. The number of nitrogens with zero attached hydrogens (tertiary/aromatic N) is 3. The van der Waals surface area contributed by atoms with Gasteiger partial charge in [-0.2, -0.15) is 0 Å². The van der Waals surface area contributed by atoms with Crippen molar-refractivity contribution in [3.63, 3.8) is 0 Å². The summed E-state index contributed by atoms with van der Waals surface area (Å²) in [7, 11) is 0. The van der Waals surface area contributed by atoms with Crippen LogP contribution in [0.2, 0.25) is 0 Å². The molecule has 1 atom stereocenters. The van der Waals surface area contributed by atoms with Crippen LogP contribution in [-0.2, 0) is 0 Å². The lowest BCUT2D eigenvalue weighted by Gasteiger charge is -2.26. The molecule has 1 saturated heterocycles. The van der Waals surface area contributed by atoms with Gasteiger partial charge in [0.25, 0.3) is 5.91 Å². The van der Waals surface area contributed by atoms with E-state index in [1.54, 1.807) is 17.5 Å². The molecule has 1 fully saturated rings. The Balaban J connectivity index is 1.66. The van der Waals surface area contributed by atoms with E-state index in [2.05, 4.69) is 37.7 Å². The van der Waals surface area contributed by atoms with Gasteiger partial charge in [0.15, 0.2) is 0 Å². The fourth-order valence-corrected chi connectivity index (χ4v) is 3.59. The van der Waals surface area contributed by atoms with Crippen LogP contribution in [0.1, 0.15) is 39.9 Å². The summed E-state index contributed by atoms with van der Waals surface area (Å²) in [4.78, 5) is 24.2. The number of thiophene rings is 1. The summed E-state index contributed by atoms with van der Waals surface area (Å²) >= 11 is 1.75. The normalized spacial score (nSPS) is 16.6. The van der Waals surface area contributed by atoms with Crippen molar-refractivity contribution in [2.24, 2.45) is 0 Å². The van der Waals surface area contributed by atoms with Crippen molar-refractivity contribution in [1.29, 1.82) is 0 Å². The Labute approximate surface area is 134 Å². The molecule has 116 valence electrons. The molecule has 0 unspecified atom stereocenters. The number of likely N-dealkylation sites (tertiary alicyclic amines) is 1. The maximum absolute atomic E-state index is 12.2. The molecule has 0 bridgehead atoms. The molecule has 3 rings (SSSR count). The fourth-order valence-electron chi connectivity index (χ4n) is 2.73. The maximum atomic E-state index is 12.2. The predicted octanol–water partition coefficient (Wildman–Crippen LogP) is 2.41. The van der Waals surface area contributed by atoms with Gasteiger partial charge in [-0.15, -0.1) is 11.3 Å². The average molecular weight is 316 g/mol. The molecular weight excluding hydrogens is 296 g/mol. The van der Waals surface area contributed by atoms with Crippen molar-refractivity contribution in [3.05, 3.63) is 46.2 Å². The quantitative estimate of drug-likeness (QED) is 0.920. The van der Waals surface area contributed by atoms with Crippen LogP contribution < -0.4 is 5.32 Å². The minimum Gasteiger partial charge on any atom is -0.349 e. The average Bonchev–Trinajstić information content (AvgIpc) is 3.22. The van der Waals surface area contributed by atoms with Crippen LogP contribution in [0, 0.1) is 6.92 Å². The molecule has 1 aliphatic rings. The van der Waals surface area contributed by atoms with Crippen LogP contribution in [0.4, 0.5) is 0 Å². The molecule has 0 aliphatic carbocycles. The molecule has 1 aliphatic heterocycles. The Kier molecular flexibility index (Phi) is 4.80. The van der Waals surface area contributed by atoms with Crippen molar-refractivity contribution in [2.45, 2.75) is 25.8 Å². The zero-order valence-electron chi connectivity index (χ0n) is 12.7. The number of rotatable bonds is 5. The van der Waals surface area contributed by atoms with Crippen molar-refractivity contribution in [1.82, 2.24) is 20.2 Å². The standard InChI is InChI=1S/C16H20N4OS/c1-12-9-18-13(10-17-12)16(21)19-11-14(15-5-4-8-22-15)20-6-2-3-7-20/h4-5,8-10,14H,2-3,6-7,11H2,1H3,(H,19,21)/t14-/m1/s1. The van der Waals surface area contributed by atoms with E-state index in [0.717, 1.165) is 18.8 Å². The third-order valence-corrected chi connectivity index (χ3v) is 4.90. The summed E-state index contributed by atoms with van der Waals surface area (Å²) in [5, 5.41) is 5.10. The van der Waals surface area contributed by atoms with Crippen LogP contribution in [-0.4, -0.2) is 40.4 Å². The largest absolute Gasteiger partial charge is 0.349 e. The smallest absolute Gasteiger partial charge is 0.271 e. The van der Waals surface area contributed by atoms with E-state index < -0.39 is 0 Å². The van der Waals surface area contributed by atoms with Crippen LogP contribution in [0.25, 0.3) is 0 Å². The molecule has 5 nitrogen and oxygen atoms in total. The number of carbonyl (C=O) groups excluding carboxylic acids is 1. The molecule has 22 heavy (non-hydrogen) atoms. The Bertz CT molecular complexity index is 606. The number of aromatic nitrogens is 2. The maximum Gasteiger partial charge on any atom is 0.271 e. The summed E-state index contributed by atoms with van der Waals surface area (Å²) in [6, 6.07) is 4.46. The first kappa shape index (κ1) is 15.1. The zero-order valence-corrected chi connectivity index (χ0v) is 13.5. The molecule has 0 aromatic carbocycles. The van der Waals surface area contributed by atoms with E-state index in [-0.39, 0.29) is 11.9 Å². The Morgan fingerprint density at radius 2 is 2.18 bits per heavy atom. The second-order valence-corrected chi connectivity index (χ2v) is 6.51. The summed E-state index contributed by atoms with van der Waals surface area (Å²) in [5.74, 6) is -0.159. The molecule has 6 heteroatoms. The number of hydrogen-bond acceptors (Lipinski definition) is 5. The molecular formula is C16H20N4OS. The lowest BCUT2D eigenvalue weighted by molar-refractivity contribution is 0.0933. The van der Waals surface area contributed by atoms with Crippen molar-refractivity contribution in [3.8, 4) is 0 Å². The molecule has 1 amide bonds. The van der Waals surface area contributed by atoms with E-state index in [0.29, 0.717) is 12.2 Å². The minimum absolute atomic E-state index is 0.159. The molecule has 1 N–H and O–H groups in total. The van der Waals surface area contributed by atoms with E-state index >= 15 is 0 Å². The number of aryl methyl sites for hydroxylation is 1. The minimum atomic E-state index is -0.159. The monoisotopic (exact) mass is 316 g/mol. The first-order valence-corrected chi connectivity index (χ1v) is 8.46. The van der Waals surface area contributed by atoms with Crippen LogP contribution >= 0.6 is 11.3 Å². The highest BCUT2D eigenvalue weighted by Crippen LogP contribution is 2.27. The van der Waals surface area contributed by atoms with Gasteiger partial charge < -0.3 is 5.32 Å². The second-order valence-electron chi connectivity index (χ2n) is 5.53. The highest BCUT2D eigenvalue weighted by Gasteiger charge is 2.24. The van der Waals surface area contributed by atoms with Gasteiger partial charge in [0, 0.05) is 17.6 Å². The molecule has 2 aromatic heterocycles. The summed E-state index contributed by atoms with van der Waals surface area (Å²) in [6.07, 6.45) is 5.62. The first-order valence-electron chi connectivity index (χ1n) is 7.58. The van der Waals surface area contributed by atoms with Gasteiger partial charge in [-0.05, 0) is 44.3 Å². The van der Waals surface area contributed by atoms with E-state index in [4.69, 9.17) is 0 Å². The highest BCUT2D eigenvalue weighted by molar-refractivity contribution is 7.10. The summed E-state index contributed by atoms with van der Waals surface area (Å²) in [6.45, 7) is 4.66. The molecule has 0 spiro atoms.